The molecule has 2 aromatic rings. The molecule has 1 fully saturated rings. The van der Waals surface area contributed by atoms with Crippen molar-refractivity contribution in [2.75, 3.05) is 14.2 Å². The summed E-state index contributed by atoms with van der Waals surface area (Å²) in [5, 5.41) is 9.58. The molecule has 0 saturated heterocycles. The Bertz CT molecular complexity index is 837. The summed E-state index contributed by atoms with van der Waals surface area (Å²) >= 11 is 1.72. The van der Waals surface area contributed by atoms with E-state index in [0.717, 1.165) is 56.3 Å². The second kappa shape index (κ2) is 11.4. The van der Waals surface area contributed by atoms with E-state index < -0.39 is 5.41 Å². The van der Waals surface area contributed by atoms with Gasteiger partial charge in [0.1, 0.15) is 0 Å². The number of unbranched alkanes of at least 4 members (excludes halogenated alkanes) is 1. The molecule has 6 heteroatoms. The van der Waals surface area contributed by atoms with Gasteiger partial charge in [0.2, 0.25) is 0 Å². The maximum absolute atomic E-state index is 12.8. The summed E-state index contributed by atoms with van der Waals surface area (Å²) < 4.78 is 10.8. The van der Waals surface area contributed by atoms with Crippen molar-refractivity contribution in [1.29, 1.82) is 0 Å². The third-order valence-corrected chi connectivity index (χ3v) is 7.82. The minimum Gasteiger partial charge on any atom is -0.493 e. The van der Waals surface area contributed by atoms with Crippen LogP contribution in [0.1, 0.15) is 50.5 Å². The highest BCUT2D eigenvalue weighted by Gasteiger charge is 2.47. The Morgan fingerprint density at radius 2 is 1.77 bits per heavy atom. The molecule has 0 heterocycles. The van der Waals surface area contributed by atoms with Gasteiger partial charge in [-0.15, -0.1) is 11.8 Å². The average molecular weight is 444 g/mol. The van der Waals surface area contributed by atoms with Crippen molar-refractivity contribution >= 4 is 17.7 Å². The van der Waals surface area contributed by atoms with Gasteiger partial charge in [0.05, 0.1) is 19.6 Å². The predicted octanol–water partition coefficient (Wildman–Crippen LogP) is 5.64. The number of hydroxylamine groups is 1. The quantitative estimate of drug-likeness (QED) is 0.203. The smallest absolute Gasteiger partial charge is 0.250 e. The summed E-state index contributed by atoms with van der Waals surface area (Å²) in [6.07, 6.45) is 7.70. The Morgan fingerprint density at radius 1 is 1.06 bits per heavy atom. The number of methoxy groups -OCH3 is 2. The number of amides is 1. The maximum atomic E-state index is 12.8. The van der Waals surface area contributed by atoms with Crippen LogP contribution in [-0.4, -0.2) is 30.6 Å². The summed E-state index contributed by atoms with van der Waals surface area (Å²) in [6.45, 7) is 0. The zero-order valence-electron chi connectivity index (χ0n) is 18.4. The van der Waals surface area contributed by atoms with Crippen molar-refractivity contribution in [3.63, 3.8) is 0 Å². The molecule has 1 atom stereocenters. The molecule has 5 nitrogen and oxygen atoms in total. The number of aryl methyl sites for hydroxylation is 1. The van der Waals surface area contributed by atoms with Crippen molar-refractivity contribution in [2.45, 2.75) is 61.5 Å². The van der Waals surface area contributed by atoms with Crippen LogP contribution in [0.4, 0.5) is 0 Å². The molecular weight excluding hydrogens is 410 g/mol. The number of benzene rings is 2. The summed E-state index contributed by atoms with van der Waals surface area (Å²) in [5.74, 6) is 1.13. The molecule has 0 aromatic heterocycles. The van der Waals surface area contributed by atoms with Crippen LogP contribution in [0, 0.1) is 5.41 Å². The molecule has 3 rings (SSSR count). The molecule has 1 saturated carbocycles. The van der Waals surface area contributed by atoms with Gasteiger partial charge in [-0.05, 0) is 55.9 Å². The minimum absolute atomic E-state index is 0.0797. The first-order chi connectivity index (χ1) is 15.1. The molecule has 2 N–H and O–H groups in total. The molecule has 1 aliphatic rings. The van der Waals surface area contributed by atoms with E-state index in [1.807, 2.05) is 29.7 Å². The lowest BCUT2D eigenvalue weighted by molar-refractivity contribution is -0.139. The first-order valence-electron chi connectivity index (χ1n) is 11.0. The molecule has 0 spiro atoms. The van der Waals surface area contributed by atoms with Crippen LogP contribution >= 0.6 is 11.8 Å². The first-order valence-corrected chi connectivity index (χ1v) is 11.9. The van der Waals surface area contributed by atoms with Crippen LogP contribution in [0.25, 0.3) is 0 Å². The highest BCUT2D eigenvalue weighted by atomic mass is 32.2. The third-order valence-electron chi connectivity index (χ3n) is 6.32. The monoisotopic (exact) mass is 443 g/mol. The molecule has 168 valence electrons. The van der Waals surface area contributed by atoms with Gasteiger partial charge >= 0.3 is 0 Å². The van der Waals surface area contributed by atoms with Crippen LogP contribution in [-0.2, 0) is 11.2 Å². The van der Waals surface area contributed by atoms with Gasteiger partial charge in [-0.3, -0.25) is 10.0 Å². The summed E-state index contributed by atoms with van der Waals surface area (Å²) in [4.78, 5) is 13.9. The Balaban J connectivity index is 1.76. The molecule has 0 radical (unpaired) electrons. The lowest BCUT2D eigenvalue weighted by Gasteiger charge is -2.35. The molecule has 1 amide bonds. The number of rotatable bonds is 11. The molecule has 0 aliphatic heterocycles. The van der Waals surface area contributed by atoms with Gasteiger partial charge in [0.15, 0.2) is 11.5 Å². The van der Waals surface area contributed by atoms with Gasteiger partial charge in [0.25, 0.3) is 5.91 Å². The molecule has 31 heavy (non-hydrogen) atoms. The fourth-order valence-electron chi connectivity index (χ4n) is 4.62. The van der Waals surface area contributed by atoms with Gasteiger partial charge < -0.3 is 9.47 Å². The van der Waals surface area contributed by atoms with Crippen LogP contribution in [0.15, 0.2) is 53.4 Å². The molecule has 0 bridgehead atoms. The van der Waals surface area contributed by atoms with Gasteiger partial charge in [-0.1, -0.05) is 49.6 Å². The number of hydrogen-bond acceptors (Lipinski definition) is 5. The van der Waals surface area contributed by atoms with E-state index in [1.54, 1.807) is 26.0 Å². The second-order valence-electron chi connectivity index (χ2n) is 8.16. The lowest BCUT2D eigenvalue weighted by atomic mass is 9.79. The van der Waals surface area contributed by atoms with E-state index in [1.165, 1.54) is 5.56 Å². The van der Waals surface area contributed by atoms with Crippen molar-refractivity contribution in [1.82, 2.24) is 5.48 Å². The van der Waals surface area contributed by atoms with Gasteiger partial charge in [-0.2, -0.15) is 0 Å². The van der Waals surface area contributed by atoms with Gasteiger partial charge in [0, 0.05) is 10.1 Å². The fraction of sp³-hybridized carbons (Fsp3) is 0.480. The number of nitrogens with one attached hydrogen (secondary N) is 1. The first kappa shape index (κ1) is 23.5. The lowest BCUT2D eigenvalue weighted by Crippen LogP contribution is -2.44. The minimum atomic E-state index is -0.542. The Hall–Kier alpha value is -2.18. The SMILES string of the molecule is COc1ccc(SC(CCCCc2ccccc2)C2(C(=O)NO)CCCC2)cc1OC. The number of thioether (sulfide) groups is 1. The Morgan fingerprint density at radius 3 is 2.42 bits per heavy atom. The largest absolute Gasteiger partial charge is 0.493 e. The van der Waals surface area contributed by atoms with Crippen molar-refractivity contribution < 1.29 is 19.5 Å². The van der Waals surface area contributed by atoms with Crippen LogP contribution in [0.2, 0.25) is 0 Å². The number of carbonyl (C=O) groups is 1. The molecular formula is C25H33NO4S. The highest BCUT2D eigenvalue weighted by molar-refractivity contribution is 8.00. The van der Waals surface area contributed by atoms with E-state index in [-0.39, 0.29) is 11.2 Å². The van der Waals surface area contributed by atoms with Crippen molar-refractivity contribution in [3.8, 4) is 11.5 Å². The van der Waals surface area contributed by atoms with E-state index in [9.17, 15) is 10.0 Å². The van der Waals surface area contributed by atoms with Crippen molar-refractivity contribution in [2.24, 2.45) is 5.41 Å². The van der Waals surface area contributed by atoms with Crippen LogP contribution < -0.4 is 15.0 Å². The second-order valence-corrected chi connectivity index (χ2v) is 9.43. The van der Waals surface area contributed by atoms with Crippen LogP contribution in [0.3, 0.4) is 0 Å². The zero-order chi connectivity index (χ0) is 22.1. The molecule has 2 aromatic carbocycles. The summed E-state index contributed by atoms with van der Waals surface area (Å²) in [6, 6.07) is 16.4. The maximum Gasteiger partial charge on any atom is 0.250 e. The number of carbonyl (C=O) groups excluding carboxylic acids is 1. The zero-order valence-corrected chi connectivity index (χ0v) is 19.2. The normalized spacial score (nSPS) is 16.0. The molecule has 1 aliphatic carbocycles. The standard InChI is InChI=1S/C25H33NO4S/c1-29-21-15-14-20(18-22(21)30-2)31-23(25(24(27)26-28)16-8-9-17-25)13-7-6-12-19-10-4-3-5-11-19/h3-5,10-11,14-15,18,23,28H,6-9,12-13,16-17H2,1-2H3,(H,26,27). The fourth-order valence-corrected chi connectivity index (χ4v) is 6.12. The topological polar surface area (TPSA) is 67.8 Å². The van der Waals surface area contributed by atoms with E-state index in [4.69, 9.17) is 9.47 Å². The van der Waals surface area contributed by atoms with Gasteiger partial charge in [-0.25, -0.2) is 5.48 Å². The van der Waals surface area contributed by atoms with E-state index in [0.29, 0.717) is 11.5 Å². The highest BCUT2D eigenvalue weighted by Crippen LogP contribution is 2.50. The third kappa shape index (κ3) is 5.74. The Kier molecular flexibility index (Phi) is 8.67. The summed E-state index contributed by atoms with van der Waals surface area (Å²) in [7, 11) is 3.25. The van der Waals surface area contributed by atoms with E-state index >= 15 is 0 Å². The predicted molar refractivity (Wildman–Crippen MR) is 124 cm³/mol. The van der Waals surface area contributed by atoms with Crippen LogP contribution in [0.5, 0.6) is 11.5 Å². The average Bonchev–Trinajstić information content (AvgIpc) is 3.32. The number of hydrogen-bond donors (Lipinski definition) is 2. The summed E-state index contributed by atoms with van der Waals surface area (Å²) in [5.41, 5.74) is 2.77. The van der Waals surface area contributed by atoms with E-state index in [2.05, 4.69) is 24.3 Å². The number of ether oxygens (including phenoxy) is 2. The molecule has 1 unspecified atom stereocenters. The Labute approximate surface area is 189 Å². The van der Waals surface area contributed by atoms with Crippen molar-refractivity contribution in [3.05, 3.63) is 54.1 Å².